The summed E-state index contributed by atoms with van der Waals surface area (Å²) in [5, 5.41) is 0. The lowest BCUT2D eigenvalue weighted by molar-refractivity contribution is 0.0672. The first kappa shape index (κ1) is 13.3. The first-order valence-corrected chi connectivity index (χ1v) is 7.31. The van der Waals surface area contributed by atoms with Crippen molar-refractivity contribution in [1.29, 1.82) is 0 Å². The highest BCUT2D eigenvalue weighted by Crippen LogP contribution is 2.29. The van der Waals surface area contributed by atoms with Gasteiger partial charge in [-0.2, -0.15) is 0 Å². The normalized spacial score (nSPS) is 36.4. The van der Waals surface area contributed by atoms with E-state index in [1.165, 1.54) is 51.6 Å². The van der Waals surface area contributed by atoms with E-state index in [0.717, 1.165) is 24.5 Å². The predicted molar refractivity (Wildman–Crippen MR) is 73.1 cm³/mol. The number of nitrogens with zero attached hydrogens (tertiary/aromatic N) is 2. The van der Waals surface area contributed by atoms with Crippen LogP contribution in [0, 0.1) is 5.92 Å². The Hall–Kier alpha value is -0.120. The molecule has 2 N–H and O–H groups in total. The van der Waals surface area contributed by atoms with Crippen LogP contribution >= 0.6 is 0 Å². The minimum Gasteiger partial charge on any atom is -0.330 e. The van der Waals surface area contributed by atoms with Crippen LogP contribution < -0.4 is 5.73 Å². The second-order valence-corrected chi connectivity index (χ2v) is 6.18. The maximum Gasteiger partial charge on any atom is 0.0217 e. The van der Waals surface area contributed by atoms with E-state index in [-0.39, 0.29) is 0 Å². The van der Waals surface area contributed by atoms with Gasteiger partial charge in [-0.15, -0.1) is 0 Å². The summed E-state index contributed by atoms with van der Waals surface area (Å²) in [6.07, 6.45) is 8.23. The van der Waals surface area contributed by atoms with Gasteiger partial charge in [0.15, 0.2) is 0 Å². The summed E-state index contributed by atoms with van der Waals surface area (Å²) < 4.78 is 0. The Labute approximate surface area is 106 Å². The van der Waals surface area contributed by atoms with Crippen LogP contribution in [0.2, 0.25) is 0 Å². The molecule has 1 heterocycles. The Balaban J connectivity index is 1.88. The lowest BCUT2D eigenvalue weighted by atomic mass is 9.84. The highest BCUT2D eigenvalue weighted by Gasteiger charge is 2.30. The van der Waals surface area contributed by atoms with Gasteiger partial charge in [0.1, 0.15) is 0 Å². The first-order chi connectivity index (χ1) is 8.20. The van der Waals surface area contributed by atoms with Crippen LogP contribution in [0.4, 0.5) is 0 Å². The zero-order valence-corrected chi connectivity index (χ0v) is 11.6. The van der Waals surface area contributed by atoms with Crippen LogP contribution in [0.3, 0.4) is 0 Å². The molecule has 1 aliphatic heterocycles. The molecular weight excluding hydrogens is 210 g/mol. The summed E-state index contributed by atoms with van der Waals surface area (Å²) in [6, 6.07) is 1.59. The number of nitrogens with two attached hydrogens (primary N) is 1. The summed E-state index contributed by atoms with van der Waals surface area (Å²) in [5.74, 6) is 0.786. The van der Waals surface area contributed by atoms with E-state index in [2.05, 4.69) is 23.9 Å². The number of hydrogen-bond donors (Lipinski definition) is 1. The molecule has 0 aromatic heterocycles. The Morgan fingerprint density at radius 1 is 1.18 bits per heavy atom. The molecule has 3 heteroatoms. The predicted octanol–water partition coefficient (Wildman–Crippen LogP) is 1.53. The fourth-order valence-electron chi connectivity index (χ4n) is 3.54. The summed E-state index contributed by atoms with van der Waals surface area (Å²) in [6.45, 7) is 3.47. The maximum absolute atomic E-state index is 5.84. The highest BCUT2D eigenvalue weighted by molar-refractivity contribution is 4.86. The van der Waals surface area contributed by atoms with Gasteiger partial charge in [0.25, 0.3) is 0 Å². The molecular formula is C14H29N3. The van der Waals surface area contributed by atoms with Crippen LogP contribution in [0.25, 0.3) is 0 Å². The van der Waals surface area contributed by atoms with Gasteiger partial charge >= 0.3 is 0 Å². The number of likely N-dealkylation sites (N-methyl/N-ethyl adjacent to an activating group) is 1. The molecule has 1 saturated carbocycles. The van der Waals surface area contributed by atoms with Crippen molar-refractivity contribution in [2.24, 2.45) is 11.7 Å². The van der Waals surface area contributed by atoms with Crippen LogP contribution in [0.15, 0.2) is 0 Å². The topological polar surface area (TPSA) is 32.5 Å². The fourth-order valence-corrected chi connectivity index (χ4v) is 3.54. The Morgan fingerprint density at radius 2 is 2.00 bits per heavy atom. The van der Waals surface area contributed by atoms with Crippen LogP contribution in [-0.2, 0) is 0 Å². The van der Waals surface area contributed by atoms with Gasteiger partial charge in [0, 0.05) is 18.6 Å². The van der Waals surface area contributed by atoms with E-state index >= 15 is 0 Å². The third-order valence-corrected chi connectivity index (χ3v) is 4.76. The molecule has 2 rings (SSSR count). The lowest BCUT2D eigenvalue weighted by Gasteiger charge is -2.43. The monoisotopic (exact) mass is 239 g/mol. The van der Waals surface area contributed by atoms with Crippen molar-refractivity contribution in [3.05, 3.63) is 0 Å². The average Bonchev–Trinajstić information content (AvgIpc) is 2.39. The van der Waals surface area contributed by atoms with Gasteiger partial charge in [-0.25, -0.2) is 0 Å². The first-order valence-electron chi connectivity index (χ1n) is 7.31. The van der Waals surface area contributed by atoms with E-state index in [1.807, 2.05) is 0 Å². The third-order valence-electron chi connectivity index (χ3n) is 4.76. The number of likely N-dealkylation sites (tertiary alicyclic amines) is 1. The molecule has 0 aromatic rings. The zero-order chi connectivity index (χ0) is 12.3. The molecule has 2 aliphatic rings. The number of hydrogen-bond acceptors (Lipinski definition) is 3. The average molecular weight is 239 g/mol. The molecule has 100 valence electrons. The Bertz CT molecular complexity index is 230. The van der Waals surface area contributed by atoms with Gasteiger partial charge in [-0.3, -0.25) is 4.90 Å². The quantitative estimate of drug-likeness (QED) is 0.811. The molecule has 0 bridgehead atoms. The van der Waals surface area contributed by atoms with Crippen molar-refractivity contribution in [2.45, 2.75) is 50.6 Å². The minimum absolute atomic E-state index is 0.766. The molecule has 0 amide bonds. The smallest absolute Gasteiger partial charge is 0.0217 e. The molecule has 3 unspecified atom stereocenters. The summed E-state index contributed by atoms with van der Waals surface area (Å²) in [7, 11) is 4.44. The van der Waals surface area contributed by atoms with E-state index in [4.69, 9.17) is 5.73 Å². The van der Waals surface area contributed by atoms with Crippen molar-refractivity contribution >= 4 is 0 Å². The van der Waals surface area contributed by atoms with Gasteiger partial charge < -0.3 is 10.6 Å². The minimum atomic E-state index is 0.766. The van der Waals surface area contributed by atoms with Gasteiger partial charge in [0.2, 0.25) is 0 Å². The van der Waals surface area contributed by atoms with E-state index in [1.54, 1.807) is 0 Å². The zero-order valence-electron chi connectivity index (χ0n) is 11.6. The third kappa shape index (κ3) is 3.43. The van der Waals surface area contributed by atoms with Gasteiger partial charge in [0.05, 0.1) is 0 Å². The van der Waals surface area contributed by atoms with Crippen molar-refractivity contribution in [3.63, 3.8) is 0 Å². The molecule has 3 nitrogen and oxygen atoms in total. The van der Waals surface area contributed by atoms with Crippen LogP contribution in [0.1, 0.15) is 38.5 Å². The number of rotatable bonds is 3. The summed E-state index contributed by atoms with van der Waals surface area (Å²) >= 11 is 0. The number of piperidine rings is 1. The molecule has 1 aliphatic carbocycles. The molecule has 0 radical (unpaired) electrons. The molecule has 1 saturated heterocycles. The lowest BCUT2D eigenvalue weighted by Crippen LogP contribution is -2.50. The second kappa shape index (κ2) is 6.17. The van der Waals surface area contributed by atoms with Crippen molar-refractivity contribution in [1.82, 2.24) is 9.80 Å². The largest absolute Gasteiger partial charge is 0.330 e. The Kier molecular flexibility index (Phi) is 4.83. The fraction of sp³-hybridized carbons (Fsp3) is 1.00. The SMILES string of the molecule is CN(C)C1CCCN(C2CCCC(CN)C2)C1. The van der Waals surface area contributed by atoms with Crippen molar-refractivity contribution in [2.75, 3.05) is 33.7 Å². The molecule has 2 fully saturated rings. The molecule has 0 spiro atoms. The highest BCUT2D eigenvalue weighted by atomic mass is 15.2. The Morgan fingerprint density at radius 3 is 2.71 bits per heavy atom. The molecule has 17 heavy (non-hydrogen) atoms. The van der Waals surface area contributed by atoms with Gasteiger partial charge in [-0.1, -0.05) is 6.42 Å². The van der Waals surface area contributed by atoms with Crippen molar-refractivity contribution < 1.29 is 0 Å². The van der Waals surface area contributed by atoms with Crippen molar-refractivity contribution in [3.8, 4) is 0 Å². The maximum atomic E-state index is 5.84. The molecule has 3 atom stereocenters. The van der Waals surface area contributed by atoms with E-state index in [9.17, 15) is 0 Å². The van der Waals surface area contributed by atoms with E-state index < -0.39 is 0 Å². The van der Waals surface area contributed by atoms with Crippen LogP contribution in [0.5, 0.6) is 0 Å². The summed E-state index contributed by atoms with van der Waals surface area (Å²) in [4.78, 5) is 5.14. The molecule has 0 aromatic carbocycles. The van der Waals surface area contributed by atoms with Gasteiger partial charge in [-0.05, 0) is 65.2 Å². The van der Waals surface area contributed by atoms with E-state index in [0.29, 0.717) is 0 Å². The second-order valence-electron chi connectivity index (χ2n) is 6.18. The van der Waals surface area contributed by atoms with Crippen LogP contribution in [-0.4, -0.2) is 55.6 Å². The standard InChI is InChI=1S/C14H29N3/c1-16(2)14-7-4-8-17(11-14)13-6-3-5-12(9-13)10-15/h12-14H,3-11,15H2,1-2H3. The summed E-state index contributed by atoms with van der Waals surface area (Å²) in [5.41, 5.74) is 5.84.